The molecule has 1 aliphatic heterocycles. The lowest BCUT2D eigenvalue weighted by atomic mass is 9.88. The van der Waals surface area contributed by atoms with Crippen LogP contribution in [0.25, 0.3) is 11.1 Å². The molecule has 1 atom stereocenters. The summed E-state index contributed by atoms with van der Waals surface area (Å²) in [6.07, 6.45) is 1.21. The number of thioether (sulfide) groups is 1. The molecular weight excluding hydrogens is 499 g/mol. The fraction of sp³-hybridized carbons (Fsp3) is 0.414. The number of nitrogens with zero attached hydrogens (tertiary/aromatic N) is 1. The van der Waals surface area contributed by atoms with Gasteiger partial charge in [0.05, 0.1) is 18.8 Å². The maximum atomic E-state index is 14.1. The molecule has 2 heterocycles. The standard InChI is InChI=1S/C29H30F3NO3S/c1-17-13-20(34-10-4-12-37-3)14-18(2)27(17)21-5-7-23(29(30,31)32)28-22(21)6-8-24(28)36-26-15-25-19(16-33-26)9-11-35-25/h5,7,13-16,24H,4,6,8-12H2,1-3H3. The number of benzene rings is 2. The van der Waals surface area contributed by atoms with Gasteiger partial charge in [-0.05, 0) is 91.1 Å². The molecule has 0 bridgehead atoms. The van der Waals surface area contributed by atoms with Gasteiger partial charge >= 0.3 is 6.18 Å². The van der Waals surface area contributed by atoms with Crippen molar-refractivity contribution in [3.05, 3.63) is 69.9 Å². The molecule has 196 valence electrons. The van der Waals surface area contributed by atoms with Crippen LogP contribution in [-0.4, -0.2) is 30.2 Å². The molecule has 0 fully saturated rings. The van der Waals surface area contributed by atoms with Crippen molar-refractivity contribution in [3.63, 3.8) is 0 Å². The third kappa shape index (κ3) is 5.26. The first kappa shape index (κ1) is 25.8. The van der Waals surface area contributed by atoms with Crippen molar-refractivity contribution in [1.29, 1.82) is 0 Å². The first-order valence-electron chi connectivity index (χ1n) is 12.5. The van der Waals surface area contributed by atoms with E-state index < -0.39 is 17.8 Å². The summed E-state index contributed by atoms with van der Waals surface area (Å²) >= 11 is 1.78. The Kier molecular flexibility index (Phi) is 7.30. The lowest BCUT2D eigenvalue weighted by molar-refractivity contribution is -0.138. The molecule has 0 saturated heterocycles. The highest BCUT2D eigenvalue weighted by Crippen LogP contribution is 2.48. The smallest absolute Gasteiger partial charge is 0.416 e. The Balaban J connectivity index is 1.50. The normalized spacial score (nSPS) is 16.3. The Bertz CT molecular complexity index is 1290. The van der Waals surface area contributed by atoms with E-state index in [0.717, 1.165) is 52.2 Å². The van der Waals surface area contributed by atoms with E-state index in [1.807, 2.05) is 26.0 Å². The molecule has 2 aliphatic rings. The van der Waals surface area contributed by atoms with Gasteiger partial charge in [-0.2, -0.15) is 24.9 Å². The highest BCUT2D eigenvalue weighted by atomic mass is 32.2. The van der Waals surface area contributed by atoms with E-state index in [-0.39, 0.29) is 11.4 Å². The van der Waals surface area contributed by atoms with E-state index in [4.69, 9.17) is 14.2 Å². The average molecular weight is 530 g/mol. The van der Waals surface area contributed by atoms with Crippen LogP contribution in [0.3, 0.4) is 0 Å². The molecule has 1 aliphatic carbocycles. The molecule has 0 amide bonds. The minimum Gasteiger partial charge on any atom is -0.494 e. The summed E-state index contributed by atoms with van der Waals surface area (Å²) in [4.78, 5) is 4.33. The molecule has 3 aromatic rings. The Morgan fingerprint density at radius 3 is 2.62 bits per heavy atom. The third-order valence-corrected chi connectivity index (χ3v) is 7.69. The van der Waals surface area contributed by atoms with Crippen LogP contribution in [0, 0.1) is 13.8 Å². The minimum atomic E-state index is -4.48. The van der Waals surface area contributed by atoms with Crippen molar-refractivity contribution in [3.8, 4) is 28.5 Å². The van der Waals surface area contributed by atoms with E-state index in [1.165, 1.54) is 6.07 Å². The summed E-state index contributed by atoms with van der Waals surface area (Å²) < 4.78 is 60.0. The van der Waals surface area contributed by atoms with Crippen LogP contribution in [0.4, 0.5) is 13.2 Å². The van der Waals surface area contributed by atoms with E-state index >= 15 is 0 Å². The Morgan fingerprint density at radius 2 is 1.89 bits per heavy atom. The van der Waals surface area contributed by atoms with Crippen LogP contribution < -0.4 is 14.2 Å². The van der Waals surface area contributed by atoms with Gasteiger partial charge in [-0.15, -0.1) is 0 Å². The van der Waals surface area contributed by atoms with Crippen LogP contribution in [0.2, 0.25) is 0 Å². The van der Waals surface area contributed by atoms with Crippen LogP contribution in [0.15, 0.2) is 36.5 Å². The fourth-order valence-electron chi connectivity index (χ4n) is 5.40. The number of alkyl halides is 3. The highest BCUT2D eigenvalue weighted by molar-refractivity contribution is 7.98. The lowest BCUT2D eigenvalue weighted by Crippen LogP contribution is -2.14. The van der Waals surface area contributed by atoms with Crippen molar-refractivity contribution >= 4 is 11.8 Å². The third-order valence-electron chi connectivity index (χ3n) is 6.99. The Labute approximate surface area is 219 Å². The van der Waals surface area contributed by atoms with Gasteiger partial charge in [0.15, 0.2) is 0 Å². The zero-order valence-electron chi connectivity index (χ0n) is 21.2. The van der Waals surface area contributed by atoms with Gasteiger partial charge in [-0.1, -0.05) is 6.07 Å². The minimum absolute atomic E-state index is 0.212. The monoisotopic (exact) mass is 529 g/mol. The zero-order chi connectivity index (χ0) is 26.2. The quantitative estimate of drug-likeness (QED) is 0.282. The largest absolute Gasteiger partial charge is 0.494 e. The van der Waals surface area contributed by atoms with E-state index in [0.29, 0.717) is 37.4 Å². The summed E-state index contributed by atoms with van der Waals surface area (Å²) in [7, 11) is 0. The number of rotatable bonds is 8. The molecule has 0 saturated carbocycles. The summed E-state index contributed by atoms with van der Waals surface area (Å²) in [5, 5.41) is 0. The number of aromatic nitrogens is 1. The second kappa shape index (κ2) is 10.5. The second-order valence-electron chi connectivity index (χ2n) is 9.55. The molecule has 1 aromatic heterocycles. The van der Waals surface area contributed by atoms with Crippen LogP contribution in [0.1, 0.15) is 52.3 Å². The number of ether oxygens (including phenoxy) is 3. The molecule has 5 rings (SSSR count). The predicted octanol–water partition coefficient (Wildman–Crippen LogP) is 7.52. The molecule has 2 aromatic carbocycles. The van der Waals surface area contributed by atoms with Gasteiger partial charge in [-0.3, -0.25) is 0 Å². The zero-order valence-corrected chi connectivity index (χ0v) is 22.0. The van der Waals surface area contributed by atoms with E-state index in [1.54, 1.807) is 30.1 Å². The van der Waals surface area contributed by atoms with Gasteiger partial charge in [0, 0.05) is 29.8 Å². The first-order valence-corrected chi connectivity index (χ1v) is 13.9. The summed E-state index contributed by atoms with van der Waals surface area (Å²) in [6.45, 7) is 5.18. The molecule has 37 heavy (non-hydrogen) atoms. The van der Waals surface area contributed by atoms with E-state index in [2.05, 4.69) is 11.2 Å². The summed E-state index contributed by atoms with van der Waals surface area (Å²) in [6, 6.07) is 8.44. The number of pyridine rings is 1. The van der Waals surface area contributed by atoms with Crippen molar-refractivity contribution in [1.82, 2.24) is 4.98 Å². The maximum Gasteiger partial charge on any atom is 0.416 e. The maximum absolute atomic E-state index is 14.1. The van der Waals surface area contributed by atoms with Gasteiger partial charge < -0.3 is 14.2 Å². The number of fused-ring (bicyclic) bond motifs is 2. The molecule has 0 spiro atoms. The Morgan fingerprint density at radius 1 is 1.11 bits per heavy atom. The van der Waals surface area contributed by atoms with Gasteiger partial charge in [-0.25, -0.2) is 4.98 Å². The van der Waals surface area contributed by atoms with Crippen molar-refractivity contribution in [2.45, 2.75) is 51.8 Å². The average Bonchev–Trinajstić information content (AvgIpc) is 3.48. The molecular formula is C29H30F3NO3S. The number of aryl methyl sites for hydroxylation is 2. The van der Waals surface area contributed by atoms with Gasteiger partial charge in [0.1, 0.15) is 17.6 Å². The topological polar surface area (TPSA) is 40.6 Å². The summed E-state index contributed by atoms with van der Waals surface area (Å²) in [5.41, 5.74) is 4.97. The van der Waals surface area contributed by atoms with Crippen molar-refractivity contribution < 1.29 is 27.4 Å². The van der Waals surface area contributed by atoms with Crippen LogP contribution in [0.5, 0.6) is 17.4 Å². The molecule has 4 nitrogen and oxygen atoms in total. The van der Waals surface area contributed by atoms with Crippen LogP contribution >= 0.6 is 11.8 Å². The van der Waals surface area contributed by atoms with Crippen LogP contribution in [-0.2, 0) is 19.0 Å². The SMILES string of the molecule is CSCCCOc1cc(C)c(-c2ccc(C(F)(F)F)c3c2CCC3Oc2cc3c(cn2)CCO3)c(C)c1. The van der Waals surface area contributed by atoms with E-state index in [9.17, 15) is 13.2 Å². The second-order valence-corrected chi connectivity index (χ2v) is 10.5. The van der Waals surface area contributed by atoms with Crippen molar-refractivity contribution in [2.24, 2.45) is 0 Å². The molecule has 8 heteroatoms. The predicted molar refractivity (Wildman–Crippen MR) is 140 cm³/mol. The molecule has 1 unspecified atom stereocenters. The summed E-state index contributed by atoms with van der Waals surface area (Å²) in [5.74, 6) is 2.79. The molecule has 0 radical (unpaired) electrons. The fourth-order valence-corrected chi connectivity index (χ4v) is 5.80. The first-order chi connectivity index (χ1) is 17.8. The number of halogens is 3. The van der Waals surface area contributed by atoms with Gasteiger partial charge in [0.2, 0.25) is 5.88 Å². The van der Waals surface area contributed by atoms with Gasteiger partial charge in [0.25, 0.3) is 0 Å². The Hall–Kier alpha value is -2.87. The molecule has 0 N–H and O–H groups in total. The highest BCUT2D eigenvalue weighted by Gasteiger charge is 2.41. The number of hydrogen-bond acceptors (Lipinski definition) is 5. The van der Waals surface area contributed by atoms with Crippen molar-refractivity contribution in [2.75, 3.05) is 25.2 Å². The lowest BCUT2D eigenvalue weighted by Gasteiger charge is -2.22. The number of hydrogen-bond donors (Lipinski definition) is 0.